The van der Waals surface area contributed by atoms with Crippen molar-refractivity contribution >= 4 is 11.9 Å². The minimum atomic E-state index is -0.129. The summed E-state index contributed by atoms with van der Waals surface area (Å²) in [7, 11) is 0. The van der Waals surface area contributed by atoms with E-state index in [0.717, 1.165) is 55.6 Å². The molecule has 0 aromatic carbocycles. The Morgan fingerprint density at radius 1 is 1.33 bits per heavy atom. The molecule has 2 aliphatic rings. The van der Waals surface area contributed by atoms with Gasteiger partial charge >= 0.3 is 0 Å². The number of hydrogen-bond acceptors (Lipinski definition) is 5. The van der Waals surface area contributed by atoms with E-state index in [1.807, 2.05) is 22.7 Å². The van der Waals surface area contributed by atoms with Crippen LogP contribution in [0.5, 0.6) is 0 Å². The molecule has 0 atom stereocenters. The average molecular weight is 370 g/mol. The van der Waals surface area contributed by atoms with E-state index in [2.05, 4.69) is 22.0 Å². The third kappa shape index (κ3) is 2.93. The molecule has 1 fully saturated rings. The van der Waals surface area contributed by atoms with Gasteiger partial charge in [-0.1, -0.05) is 6.92 Å². The summed E-state index contributed by atoms with van der Waals surface area (Å²) < 4.78 is 1.85. The second kappa shape index (κ2) is 6.51. The molecule has 2 aromatic heterocycles. The van der Waals surface area contributed by atoms with E-state index in [-0.39, 0.29) is 22.8 Å². The average Bonchev–Trinajstić information content (AvgIpc) is 3.17. The molecule has 4 rings (SSSR count). The quantitative estimate of drug-likeness (QED) is 0.848. The lowest BCUT2D eigenvalue weighted by atomic mass is 9.76. The zero-order chi connectivity index (χ0) is 19.2. The van der Waals surface area contributed by atoms with Crippen LogP contribution in [0.4, 0.5) is 5.95 Å². The zero-order valence-corrected chi connectivity index (χ0v) is 15.9. The maximum absolute atomic E-state index is 13.0. The Hall–Kier alpha value is -2.64. The number of likely N-dealkylation sites (tertiary alicyclic amines) is 1. The lowest BCUT2D eigenvalue weighted by Crippen LogP contribution is -2.45. The molecule has 1 saturated heterocycles. The van der Waals surface area contributed by atoms with Gasteiger partial charge in [-0.3, -0.25) is 19.3 Å². The van der Waals surface area contributed by atoms with E-state index in [1.54, 1.807) is 0 Å². The van der Waals surface area contributed by atoms with Crippen LogP contribution in [0.3, 0.4) is 0 Å². The Bertz CT molecular complexity index is 936. The molecule has 8 nitrogen and oxygen atoms in total. The number of piperidine rings is 1. The Kier molecular flexibility index (Phi) is 4.28. The molecule has 0 bridgehead atoms. The number of hydrogen-bond donors (Lipinski definition) is 2. The van der Waals surface area contributed by atoms with Crippen molar-refractivity contribution in [1.82, 2.24) is 24.6 Å². The normalized spacial score (nSPS) is 18.1. The second-order valence-electron chi connectivity index (χ2n) is 7.74. The summed E-state index contributed by atoms with van der Waals surface area (Å²) in [6, 6.07) is 0. The Balaban J connectivity index is 1.52. The molecule has 3 N–H and O–H groups in total. The molecule has 1 aliphatic carbocycles. The first-order chi connectivity index (χ1) is 12.9. The summed E-state index contributed by atoms with van der Waals surface area (Å²) in [4.78, 5) is 34.1. The number of nitrogens with zero attached hydrogens (tertiary/aromatic N) is 4. The monoisotopic (exact) mass is 370 g/mol. The number of nitrogen functional groups attached to an aromatic ring is 1. The van der Waals surface area contributed by atoms with Gasteiger partial charge in [0.25, 0.3) is 11.5 Å². The van der Waals surface area contributed by atoms with Crippen molar-refractivity contribution in [3.05, 3.63) is 39.1 Å². The number of anilines is 1. The van der Waals surface area contributed by atoms with Crippen molar-refractivity contribution in [2.45, 2.75) is 57.9 Å². The van der Waals surface area contributed by atoms with Gasteiger partial charge in [-0.25, -0.2) is 4.98 Å². The third-order valence-corrected chi connectivity index (χ3v) is 6.03. The maximum Gasteiger partial charge on any atom is 0.257 e. The van der Waals surface area contributed by atoms with Gasteiger partial charge in [0.1, 0.15) is 0 Å². The van der Waals surface area contributed by atoms with Crippen molar-refractivity contribution in [1.29, 1.82) is 0 Å². The molecular weight excluding hydrogens is 344 g/mol. The van der Waals surface area contributed by atoms with Gasteiger partial charge in [0.15, 0.2) is 0 Å². The second-order valence-corrected chi connectivity index (χ2v) is 7.74. The topological polar surface area (TPSA) is 110 Å². The fraction of sp³-hybridized carbons (Fsp3) is 0.579. The minimum absolute atomic E-state index is 0.0429. The molecule has 0 saturated carbocycles. The summed E-state index contributed by atoms with van der Waals surface area (Å²) >= 11 is 0. The third-order valence-electron chi connectivity index (χ3n) is 6.03. The van der Waals surface area contributed by atoms with Crippen LogP contribution in [0.1, 0.15) is 59.9 Å². The molecule has 144 valence electrons. The highest BCUT2D eigenvalue weighted by molar-refractivity contribution is 5.95. The molecule has 3 heterocycles. The summed E-state index contributed by atoms with van der Waals surface area (Å²) in [6.45, 7) is 6.11. The number of nitrogens with two attached hydrogens (primary N) is 1. The first kappa shape index (κ1) is 17.8. The van der Waals surface area contributed by atoms with Gasteiger partial charge in [0, 0.05) is 36.8 Å². The van der Waals surface area contributed by atoms with Gasteiger partial charge in [-0.15, -0.1) is 0 Å². The van der Waals surface area contributed by atoms with Crippen LogP contribution in [-0.2, 0) is 18.4 Å². The van der Waals surface area contributed by atoms with Crippen molar-refractivity contribution in [2.24, 2.45) is 0 Å². The predicted octanol–water partition coefficient (Wildman–Crippen LogP) is 1.39. The van der Waals surface area contributed by atoms with Crippen LogP contribution in [0.15, 0.2) is 11.0 Å². The maximum atomic E-state index is 13.0. The lowest BCUT2D eigenvalue weighted by Gasteiger charge is -2.39. The Labute approximate surface area is 157 Å². The first-order valence-corrected chi connectivity index (χ1v) is 9.66. The number of carbonyl (C=O) groups is 1. The van der Waals surface area contributed by atoms with Crippen LogP contribution in [-0.4, -0.2) is 43.6 Å². The van der Waals surface area contributed by atoms with Gasteiger partial charge in [-0.2, -0.15) is 5.10 Å². The summed E-state index contributed by atoms with van der Waals surface area (Å²) in [5, 5.41) is 4.44. The van der Waals surface area contributed by atoms with Gasteiger partial charge in [0.05, 0.1) is 17.0 Å². The van der Waals surface area contributed by atoms with Crippen molar-refractivity contribution in [3.63, 3.8) is 0 Å². The molecule has 1 spiro atoms. The molecular formula is C19H26N6O2. The largest absolute Gasteiger partial charge is 0.369 e. The molecule has 27 heavy (non-hydrogen) atoms. The van der Waals surface area contributed by atoms with Crippen LogP contribution in [0.25, 0.3) is 0 Å². The number of nitrogens with one attached hydrogen (secondary N) is 1. The van der Waals surface area contributed by atoms with E-state index >= 15 is 0 Å². The number of amides is 1. The number of H-pyrrole nitrogens is 1. The van der Waals surface area contributed by atoms with E-state index in [0.29, 0.717) is 18.7 Å². The molecule has 1 aliphatic heterocycles. The smallest absolute Gasteiger partial charge is 0.257 e. The first-order valence-electron chi connectivity index (χ1n) is 9.66. The Morgan fingerprint density at radius 2 is 2.07 bits per heavy atom. The summed E-state index contributed by atoms with van der Waals surface area (Å²) in [5.74, 6) is 0.221. The number of fused-ring (bicyclic) bond motifs is 2. The van der Waals surface area contributed by atoms with Crippen LogP contribution < -0.4 is 11.3 Å². The van der Waals surface area contributed by atoms with Crippen LogP contribution in [0, 0.1) is 6.92 Å². The lowest BCUT2D eigenvalue weighted by molar-refractivity contribution is 0.0662. The minimum Gasteiger partial charge on any atom is -0.369 e. The fourth-order valence-electron chi connectivity index (χ4n) is 4.53. The predicted molar refractivity (Wildman–Crippen MR) is 102 cm³/mol. The van der Waals surface area contributed by atoms with Gasteiger partial charge in [0.2, 0.25) is 5.95 Å². The highest BCUT2D eigenvalue weighted by Crippen LogP contribution is 2.44. The molecule has 0 unspecified atom stereocenters. The molecule has 8 heteroatoms. The van der Waals surface area contributed by atoms with Crippen molar-refractivity contribution in [2.75, 3.05) is 18.8 Å². The molecule has 2 aromatic rings. The number of carbonyl (C=O) groups excluding carboxylic acids is 1. The van der Waals surface area contributed by atoms with Crippen molar-refractivity contribution in [3.8, 4) is 0 Å². The van der Waals surface area contributed by atoms with E-state index in [4.69, 9.17) is 5.73 Å². The SMILES string of the molecule is CCCn1cc(C(=O)N2CCC3(CCc4c3nc(N)[nH]c4=O)CC2)c(C)n1. The fourth-order valence-corrected chi connectivity index (χ4v) is 4.53. The Morgan fingerprint density at radius 3 is 2.78 bits per heavy atom. The van der Waals surface area contributed by atoms with Crippen LogP contribution >= 0.6 is 0 Å². The summed E-state index contributed by atoms with van der Waals surface area (Å²) in [5.41, 5.74) is 8.61. The van der Waals surface area contributed by atoms with E-state index in [9.17, 15) is 9.59 Å². The van der Waals surface area contributed by atoms with Crippen molar-refractivity contribution < 1.29 is 4.79 Å². The number of aromatic amines is 1. The van der Waals surface area contributed by atoms with Gasteiger partial charge < -0.3 is 10.6 Å². The van der Waals surface area contributed by atoms with Crippen LogP contribution in [0.2, 0.25) is 0 Å². The molecule has 0 radical (unpaired) electrons. The number of aryl methyl sites for hydroxylation is 2. The molecule has 1 amide bonds. The zero-order valence-electron chi connectivity index (χ0n) is 15.9. The number of aromatic nitrogens is 4. The van der Waals surface area contributed by atoms with E-state index in [1.165, 1.54) is 0 Å². The number of rotatable bonds is 3. The van der Waals surface area contributed by atoms with E-state index < -0.39 is 0 Å². The standard InChI is InChI=1S/C19H26N6O2/c1-3-8-25-11-14(12(2)23-25)17(27)24-9-6-19(7-10-24)5-4-13-15(19)21-18(20)22-16(13)26/h11H,3-10H2,1-2H3,(H3,20,21,22,26). The van der Waals surface area contributed by atoms with Gasteiger partial charge in [-0.05, 0) is 39.0 Å². The highest BCUT2D eigenvalue weighted by atomic mass is 16.2. The summed E-state index contributed by atoms with van der Waals surface area (Å²) in [6.07, 6.45) is 6.09. The highest BCUT2D eigenvalue weighted by Gasteiger charge is 2.44.